The molecule has 1 aromatic carbocycles. The van der Waals surface area contributed by atoms with E-state index in [4.69, 9.17) is 4.74 Å². The predicted octanol–water partition coefficient (Wildman–Crippen LogP) is 4.48. The summed E-state index contributed by atoms with van der Waals surface area (Å²) >= 11 is -2.47. The zero-order valence-electron chi connectivity index (χ0n) is 20.7. The van der Waals surface area contributed by atoms with Crippen molar-refractivity contribution in [2.75, 3.05) is 13.2 Å². The van der Waals surface area contributed by atoms with E-state index in [1.807, 2.05) is 0 Å². The van der Waals surface area contributed by atoms with Crippen molar-refractivity contribution < 1.29 is 48.7 Å². The van der Waals surface area contributed by atoms with Crippen LogP contribution >= 0.6 is 0 Å². The summed E-state index contributed by atoms with van der Waals surface area (Å²) < 4.78 is 29.9. The summed E-state index contributed by atoms with van der Waals surface area (Å²) in [5.41, 5.74) is 0. The van der Waals surface area contributed by atoms with E-state index in [1.54, 1.807) is 30.3 Å². The van der Waals surface area contributed by atoms with Crippen molar-refractivity contribution in [3.05, 3.63) is 30.3 Å². The van der Waals surface area contributed by atoms with E-state index >= 15 is 0 Å². The summed E-state index contributed by atoms with van der Waals surface area (Å²) in [5, 5.41) is 0. The van der Waals surface area contributed by atoms with Gasteiger partial charge in [-0.25, -0.2) is 4.21 Å². The van der Waals surface area contributed by atoms with E-state index in [0.717, 1.165) is 13.2 Å². The molecule has 172 valence electrons. The van der Waals surface area contributed by atoms with Crippen LogP contribution in [-0.4, -0.2) is 22.0 Å². The number of hydrogen-bond donors (Lipinski definition) is 0. The van der Waals surface area contributed by atoms with Crippen LogP contribution in [0.1, 0.15) is 105 Å². The Labute approximate surface area is 212 Å². The molecule has 0 aliphatic rings. The third kappa shape index (κ3) is 26.1. The second-order valence-electron chi connectivity index (χ2n) is 7.46. The van der Waals surface area contributed by atoms with Crippen LogP contribution in [0, 0.1) is 0 Å². The van der Waals surface area contributed by atoms with Crippen molar-refractivity contribution in [2.45, 2.75) is 104 Å². The Kier molecular flexibility index (Phi) is 29.2. The summed E-state index contributed by atoms with van der Waals surface area (Å²) in [7, 11) is 0. The van der Waals surface area contributed by atoms with Crippen molar-refractivity contribution in [1.29, 1.82) is 0 Å². The summed E-state index contributed by atoms with van der Waals surface area (Å²) in [5.74, 6) is 0.329. The van der Waals surface area contributed by atoms with E-state index in [0.29, 0.717) is 5.75 Å². The first-order valence-corrected chi connectivity index (χ1v) is 12.6. The Morgan fingerprint density at radius 3 is 1.53 bits per heavy atom. The average Bonchev–Trinajstić information content (AvgIpc) is 2.72. The normalized spacial score (nSPS) is 11.2. The second kappa shape index (κ2) is 27.1. The van der Waals surface area contributed by atoms with Crippen LogP contribution in [-0.2, 0) is 16.1 Å². The van der Waals surface area contributed by atoms with Gasteiger partial charge in [-0.15, -0.1) is 0 Å². The maximum atomic E-state index is 9.95. The summed E-state index contributed by atoms with van der Waals surface area (Å²) in [4.78, 5) is 0. The Bertz CT molecular complexity index is 450. The van der Waals surface area contributed by atoms with Crippen molar-refractivity contribution in [3.63, 3.8) is 0 Å². The number of para-hydroxylation sites is 1. The average molecular weight is 452 g/mol. The van der Waals surface area contributed by atoms with E-state index in [9.17, 15) is 8.76 Å². The van der Waals surface area contributed by atoms with Crippen LogP contribution in [0.3, 0.4) is 0 Å². The molecule has 0 aliphatic carbocycles. The molecule has 0 aliphatic heterocycles. The van der Waals surface area contributed by atoms with E-state index in [-0.39, 0.29) is 31.0 Å². The minimum atomic E-state index is -2.47. The Hall–Kier alpha value is 0.0900. The van der Waals surface area contributed by atoms with Gasteiger partial charge < -0.3 is 14.9 Å². The molecule has 0 heterocycles. The van der Waals surface area contributed by atoms with Crippen molar-refractivity contribution in [1.82, 2.24) is 0 Å². The first kappa shape index (κ1) is 32.3. The van der Waals surface area contributed by atoms with Gasteiger partial charge in [-0.05, 0) is 25.0 Å². The van der Waals surface area contributed by atoms with E-state index < -0.39 is 11.4 Å². The first-order chi connectivity index (χ1) is 14.2. The zero-order valence-corrected chi connectivity index (χ0v) is 22.6. The van der Waals surface area contributed by atoms with Gasteiger partial charge in [0.15, 0.2) is 0 Å². The molecule has 0 bridgehead atoms. The third-order valence-corrected chi connectivity index (χ3v) is 5.02. The number of hydrogen-bond acceptors (Lipinski definition) is 4. The minimum absolute atomic E-state index is 0. The Morgan fingerprint density at radius 1 is 0.733 bits per heavy atom. The van der Waals surface area contributed by atoms with Gasteiger partial charge in [0.25, 0.3) is 0 Å². The Morgan fingerprint density at radius 2 is 1.13 bits per heavy atom. The quantitative estimate of drug-likeness (QED) is 0.188. The van der Waals surface area contributed by atoms with Crippen LogP contribution in [0.15, 0.2) is 30.3 Å². The molecular formula is C24H44NaO4S-. The zero-order chi connectivity index (χ0) is 21.4. The van der Waals surface area contributed by atoms with Gasteiger partial charge in [-0.2, -0.15) is 0 Å². The molecule has 0 saturated carbocycles. The smallest absolute Gasteiger partial charge is 1.00 e. The first-order valence-electron chi connectivity index (χ1n) is 11.6. The molecule has 0 amide bonds. The van der Waals surface area contributed by atoms with Crippen LogP contribution in [0.4, 0.5) is 0 Å². The van der Waals surface area contributed by atoms with Gasteiger partial charge >= 0.3 is 29.6 Å². The minimum Gasteiger partial charge on any atom is -1.00 e. The number of benzene rings is 1. The molecule has 0 fully saturated rings. The summed E-state index contributed by atoms with van der Waals surface area (Å²) in [6.07, 6.45) is 19.3. The Balaban J connectivity index is -0.000000553. The van der Waals surface area contributed by atoms with Gasteiger partial charge in [0.1, 0.15) is 17.1 Å². The largest absolute Gasteiger partial charge is 1.00 e. The summed E-state index contributed by atoms with van der Waals surface area (Å²) in [6, 6.07) is 8.30. The molecule has 30 heavy (non-hydrogen) atoms. The van der Waals surface area contributed by atoms with Crippen molar-refractivity contribution in [3.8, 4) is 5.75 Å². The number of ether oxygens (including phenoxy) is 1. The molecule has 0 aromatic heterocycles. The standard InChI is InChI=1S/C18H38O.C6H6O3S.Na.H/c1-3-5-7-9-11-13-15-17-19-18-16-14-12-10-8-6-4-2;7-10(8)9-6-4-2-1-3-5-6;;/h3-18H2,1-2H3;1-5H,(H,7,8);;/q;;+1;-1/p-1. The van der Waals surface area contributed by atoms with Crippen LogP contribution in [0.25, 0.3) is 0 Å². The van der Waals surface area contributed by atoms with Crippen molar-refractivity contribution >= 4 is 11.4 Å². The fourth-order valence-electron chi connectivity index (χ4n) is 2.98. The van der Waals surface area contributed by atoms with Crippen LogP contribution in [0.5, 0.6) is 5.75 Å². The fourth-order valence-corrected chi connectivity index (χ4v) is 3.25. The molecule has 1 rings (SSSR count). The molecule has 0 N–H and O–H groups in total. The van der Waals surface area contributed by atoms with Crippen molar-refractivity contribution in [2.24, 2.45) is 0 Å². The molecule has 0 spiro atoms. The SMILES string of the molecule is CCCCCCCCCOCCCCCCCCC.O=S([O-])Oc1ccccc1.[H-].[Na+]. The van der Waals surface area contributed by atoms with Crippen LogP contribution in [0.2, 0.25) is 0 Å². The molecule has 0 saturated heterocycles. The topological polar surface area (TPSA) is 58.6 Å². The molecule has 6 heteroatoms. The van der Waals surface area contributed by atoms with E-state index in [2.05, 4.69) is 18.0 Å². The molecule has 4 nitrogen and oxygen atoms in total. The maximum Gasteiger partial charge on any atom is 1.00 e. The molecule has 1 unspecified atom stereocenters. The van der Waals surface area contributed by atoms with Crippen LogP contribution < -0.4 is 33.7 Å². The van der Waals surface area contributed by atoms with Gasteiger partial charge in [0.05, 0.1) is 0 Å². The second-order valence-corrected chi connectivity index (χ2v) is 8.03. The molecule has 0 radical (unpaired) electrons. The molecular weight excluding hydrogens is 407 g/mol. The monoisotopic (exact) mass is 451 g/mol. The molecule has 1 aromatic rings. The van der Waals surface area contributed by atoms with Gasteiger partial charge in [0.2, 0.25) is 0 Å². The number of rotatable bonds is 18. The maximum absolute atomic E-state index is 9.95. The van der Waals surface area contributed by atoms with E-state index in [1.165, 1.54) is 89.9 Å². The molecule has 1 atom stereocenters. The van der Waals surface area contributed by atoms with Gasteiger partial charge in [-0.3, -0.25) is 0 Å². The predicted molar refractivity (Wildman–Crippen MR) is 124 cm³/mol. The van der Waals surface area contributed by atoms with Gasteiger partial charge in [-0.1, -0.05) is 109 Å². The summed E-state index contributed by atoms with van der Waals surface area (Å²) in [6.45, 7) is 6.53. The fraction of sp³-hybridized carbons (Fsp3) is 0.750. The number of unbranched alkanes of at least 4 members (excludes halogenated alkanes) is 12. The third-order valence-electron chi connectivity index (χ3n) is 4.69. The van der Waals surface area contributed by atoms with Gasteiger partial charge in [0, 0.05) is 13.2 Å².